The number of benzene rings is 2. The van der Waals surface area contributed by atoms with E-state index in [1.54, 1.807) is 0 Å². The summed E-state index contributed by atoms with van der Waals surface area (Å²) in [5, 5.41) is 2.47. The minimum absolute atomic E-state index is 0.00604. The van der Waals surface area contributed by atoms with Crippen molar-refractivity contribution >= 4 is 23.8 Å². The number of carbonyl (C=O) groups is 1. The Bertz CT molecular complexity index is 1130. The van der Waals surface area contributed by atoms with Crippen LogP contribution < -0.4 is 5.32 Å². The van der Waals surface area contributed by atoms with Crippen LogP contribution in [0.2, 0.25) is 5.15 Å². The molecule has 0 unspecified atom stereocenters. The minimum atomic E-state index is -4.56. The molecule has 8 heteroatoms. The second-order valence-electron chi connectivity index (χ2n) is 7.20. The maximum absolute atomic E-state index is 13.1. The van der Waals surface area contributed by atoms with Crippen LogP contribution in [0.5, 0.6) is 0 Å². The van der Waals surface area contributed by atoms with E-state index in [-0.39, 0.29) is 29.8 Å². The highest BCUT2D eigenvalue weighted by molar-refractivity contribution is 6.29. The highest BCUT2D eigenvalue weighted by Gasteiger charge is 2.33. The van der Waals surface area contributed by atoms with Gasteiger partial charge in [0.1, 0.15) is 11.8 Å². The maximum Gasteiger partial charge on any atom is 0.418 e. The molecule has 1 N–H and O–H groups in total. The van der Waals surface area contributed by atoms with Crippen molar-refractivity contribution in [2.24, 2.45) is 0 Å². The van der Waals surface area contributed by atoms with Crippen molar-refractivity contribution in [2.45, 2.75) is 12.1 Å². The molecule has 0 saturated carbocycles. The first kappa shape index (κ1) is 21.9. The summed E-state index contributed by atoms with van der Waals surface area (Å²) in [6.45, 7) is 0.148. The number of hydrogen-bond donors (Lipinski definition) is 1. The Balaban J connectivity index is 1.36. The Kier molecular flexibility index (Phi) is 6.19. The van der Waals surface area contributed by atoms with Gasteiger partial charge in [-0.15, -0.1) is 0 Å². The highest BCUT2D eigenvalue weighted by atomic mass is 35.5. The number of halogens is 4. The molecule has 0 bridgehead atoms. The Morgan fingerprint density at radius 1 is 1.09 bits per heavy atom. The van der Waals surface area contributed by atoms with Gasteiger partial charge in [-0.2, -0.15) is 13.2 Å². The molecule has 3 aromatic rings. The molecule has 1 aliphatic rings. The summed E-state index contributed by atoms with van der Waals surface area (Å²) in [5.41, 5.74) is 3.39. The molecule has 0 spiro atoms. The fraction of sp³-hybridized carbons (Fsp3) is 0.167. The van der Waals surface area contributed by atoms with E-state index < -0.39 is 17.8 Å². The summed E-state index contributed by atoms with van der Waals surface area (Å²) in [4.78, 5) is 15.6. The Morgan fingerprint density at radius 3 is 2.34 bits per heavy atom. The van der Waals surface area contributed by atoms with Crippen molar-refractivity contribution in [3.8, 4) is 11.1 Å². The fourth-order valence-electron chi connectivity index (χ4n) is 3.80. The standard InChI is InChI=1S/C24H18ClF3N2O2/c25-22-12-15(21(13-30-22)24(26,27)28)6-5-11-29-23(31)32-14-20-18-9-3-1-7-16(18)17-8-2-4-10-19(17)20/h1-10,12-13,20H,11,14H2,(H,29,31). The van der Waals surface area contributed by atoms with Gasteiger partial charge >= 0.3 is 12.3 Å². The first-order valence-electron chi connectivity index (χ1n) is 9.82. The van der Waals surface area contributed by atoms with Crippen LogP contribution in [0.4, 0.5) is 18.0 Å². The molecular weight excluding hydrogens is 441 g/mol. The fourth-order valence-corrected chi connectivity index (χ4v) is 3.96. The molecule has 4 nitrogen and oxygen atoms in total. The van der Waals surface area contributed by atoms with Gasteiger partial charge in [0.2, 0.25) is 0 Å². The van der Waals surface area contributed by atoms with Crippen molar-refractivity contribution in [1.29, 1.82) is 0 Å². The Morgan fingerprint density at radius 2 is 1.72 bits per heavy atom. The first-order valence-corrected chi connectivity index (χ1v) is 10.2. The van der Waals surface area contributed by atoms with Gasteiger partial charge in [0, 0.05) is 18.7 Å². The van der Waals surface area contributed by atoms with E-state index in [4.69, 9.17) is 16.3 Å². The summed E-state index contributed by atoms with van der Waals surface area (Å²) in [6, 6.07) is 17.1. The molecule has 0 fully saturated rings. The van der Waals surface area contributed by atoms with E-state index in [2.05, 4.69) is 10.3 Å². The Labute approximate surface area is 187 Å². The largest absolute Gasteiger partial charge is 0.449 e. The number of alkyl halides is 3. The zero-order valence-corrected chi connectivity index (χ0v) is 17.5. The van der Waals surface area contributed by atoms with Gasteiger partial charge in [0.15, 0.2) is 0 Å². The molecule has 164 valence electrons. The van der Waals surface area contributed by atoms with Crippen LogP contribution in [0.1, 0.15) is 28.2 Å². The van der Waals surface area contributed by atoms with Crippen molar-refractivity contribution in [2.75, 3.05) is 13.2 Å². The molecule has 0 atom stereocenters. The van der Waals surface area contributed by atoms with Gasteiger partial charge in [-0.3, -0.25) is 0 Å². The molecule has 1 amide bonds. The lowest BCUT2D eigenvalue weighted by molar-refractivity contribution is -0.138. The molecule has 4 rings (SSSR count). The predicted molar refractivity (Wildman–Crippen MR) is 116 cm³/mol. The summed E-state index contributed by atoms with van der Waals surface area (Å²) < 4.78 is 44.6. The summed E-state index contributed by atoms with van der Waals surface area (Å²) in [6.07, 6.45) is -1.90. The van der Waals surface area contributed by atoms with Crippen molar-refractivity contribution in [1.82, 2.24) is 10.3 Å². The molecule has 0 radical (unpaired) electrons. The SMILES string of the molecule is O=C(NCC=Cc1cc(Cl)ncc1C(F)(F)F)OCC1c2ccccc2-c2ccccc21. The molecule has 2 aromatic carbocycles. The lowest BCUT2D eigenvalue weighted by atomic mass is 9.98. The van der Waals surface area contributed by atoms with Crippen molar-refractivity contribution in [3.05, 3.63) is 94.3 Å². The third-order valence-electron chi connectivity index (χ3n) is 5.21. The van der Waals surface area contributed by atoms with Crippen LogP contribution >= 0.6 is 11.6 Å². The van der Waals surface area contributed by atoms with E-state index in [0.29, 0.717) is 6.20 Å². The Hall–Kier alpha value is -3.32. The number of hydrogen-bond acceptors (Lipinski definition) is 3. The second kappa shape index (κ2) is 9.04. The molecular formula is C24H18ClF3N2O2. The average molecular weight is 459 g/mol. The monoisotopic (exact) mass is 458 g/mol. The third-order valence-corrected chi connectivity index (χ3v) is 5.42. The van der Waals surface area contributed by atoms with E-state index in [0.717, 1.165) is 28.3 Å². The number of amides is 1. The van der Waals surface area contributed by atoms with Crippen LogP contribution in [0.3, 0.4) is 0 Å². The van der Waals surface area contributed by atoms with Gasteiger partial charge in [-0.1, -0.05) is 72.3 Å². The summed E-state index contributed by atoms with van der Waals surface area (Å²) >= 11 is 5.70. The molecule has 1 aromatic heterocycles. The van der Waals surface area contributed by atoms with Crippen LogP contribution in [-0.2, 0) is 10.9 Å². The van der Waals surface area contributed by atoms with Crippen LogP contribution in [-0.4, -0.2) is 24.2 Å². The number of ether oxygens (including phenoxy) is 1. The van der Waals surface area contributed by atoms with E-state index in [1.807, 2.05) is 48.5 Å². The number of alkyl carbamates (subject to hydrolysis) is 1. The summed E-state index contributed by atoms with van der Waals surface area (Å²) in [7, 11) is 0. The van der Waals surface area contributed by atoms with Crippen LogP contribution in [0.15, 0.2) is 66.9 Å². The highest BCUT2D eigenvalue weighted by Crippen LogP contribution is 2.44. The first-order chi connectivity index (χ1) is 15.3. The molecule has 0 saturated heterocycles. The second-order valence-corrected chi connectivity index (χ2v) is 7.59. The molecule has 32 heavy (non-hydrogen) atoms. The third kappa shape index (κ3) is 4.62. The quantitative estimate of drug-likeness (QED) is 0.456. The topological polar surface area (TPSA) is 51.2 Å². The molecule has 1 aliphatic carbocycles. The van der Waals surface area contributed by atoms with Crippen molar-refractivity contribution in [3.63, 3.8) is 0 Å². The zero-order chi connectivity index (χ0) is 22.7. The van der Waals surface area contributed by atoms with Crippen LogP contribution in [0.25, 0.3) is 17.2 Å². The minimum Gasteiger partial charge on any atom is -0.449 e. The maximum atomic E-state index is 13.1. The lowest BCUT2D eigenvalue weighted by Crippen LogP contribution is -2.26. The number of fused-ring (bicyclic) bond motifs is 3. The summed E-state index contributed by atoms with van der Waals surface area (Å²) in [5.74, 6) is -0.0722. The average Bonchev–Trinajstić information content (AvgIpc) is 3.08. The van der Waals surface area contributed by atoms with Gasteiger partial charge < -0.3 is 10.1 Å². The number of nitrogens with zero attached hydrogens (tertiary/aromatic N) is 1. The molecule has 1 heterocycles. The number of nitrogens with one attached hydrogen (secondary N) is 1. The number of aromatic nitrogens is 1. The van der Waals surface area contributed by atoms with E-state index >= 15 is 0 Å². The van der Waals surface area contributed by atoms with Gasteiger partial charge in [-0.05, 0) is 33.9 Å². The van der Waals surface area contributed by atoms with Crippen LogP contribution in [0, 0.1) is 0 Å². The smallest absolute Gasteiger partial charge is 0.418 e. The van der Waals surface area contributed by atoms with E-state index in [9.17, 15) is 18.0 Å². The van der Waals surface area contributed by atoms with E-state index in [1.165, 1.54) is 12.2 Å². The van der Waals surface area contributed by atoms with Crippen molar-refractivity contribution < 1.29 is 22.7 Å². The predicted octanol–water partition coefficient (Wildman–Crippen LogP) is 6.31. The number of pyridine rings is 1. The molecule has 0 aliphatic heterocycles. The number of carbonyl (C=O) groups excluding carboxylic acids is 1. The van der Waals surface area contributed by atoms with Gasteiger partial charge in [-0.25, -0.2) is 9.78 Å². The number of rotatable bonds is 5. The zero-order valence-electron chi connectivity index (χ0n) is 16.7. The van der Waals surface area contributed by atoms with Gasteiger partial charge in [0.25, 0.3) is 0 Å². The lowest BCUT2D eigenvalue weighted by Gasteiger charge is -2.14. The normalized spacial score (nSPS) is 13.1. The van der Waals surface area contributed by atoms with Gasteiger partial charge in [0.05, 0.1) is 5.56 Å².